The van der Waals surface area contributed by atoms with Crippen LogP contribution in [-0.2, 0) is 40.8 Å². The molecule has 5 rings (SSSR count). The number of nitrogens with one attached hydrogen (secondary N) is 3. The zero-order chi connectivity index (χ0) is 40.0. The summed E-state index contributed by atoms with van der Waals surface area (Å²) in [6.45, 7) is 12.1. The van der Waals surface area contributed by atoms with Crippen LogP contribution in [0.1, 0.15) is 47.1 Å². The molecule has 0 bridgehead atoms. The van der Waals surface area contributed by atoms with Gasteiger partial charge in [-0.25, -0.2) is 13.2 Å². The lowest BCUT2D eigenvalue weighted by Gasteiger charge is -2.15. The zero-order valence-corrected chi connectivity index (χ0v) is 34.8. The largest absolute Gasteiger partial charge is 0.276 e. The van der Waals surface area contributed by atoms with Crippen molar-refractivity contribution in [1.29, 1.82) is 0 Å². The van der Waals surface area contributed by atoms with Gasteiger partial charge in [-0.05, 0) is 116 Å². The average Bonchev–Trinajstić information content (AvgIpc) is 3.70. The van der Waals surface area contributed by atoms with Crippen molar-refractivity contribution in [3.8, 4) is 17.1 Å². The van der Waals surface area contributed by atoms with Gasteiger partial charge in [0.15, 0.2) is 0 Å². The second-order valence-corrected chi connectivity index (χ2v) is 17.6. The number of hydroxylamine groups is 2. The molecule has 0 aliphatic rings. The van der Waals surface area contributed by atoms with Crippen LogP contribution in [0.25, 0.3) is 17.1 Å². The summed E-state index contributed by atoms with van der Waals surface area (Å²) in [7, 11) is -3.70. The molecule has 4 unspecified atom stereocenters. The molecule has 14 nitrogen and oxygen atoms in total. The van der Waals surface area contributed by atoms with E-state index in [1.54, 1.807) is 78.5 Å². The van der Waals surface area contributed by atoms with Gasteiger partial charge < -0.3 is 0 Å². The Bertz CT molecular complexity index is 2120. The van der Waals surface area contributed by atoms with E-state index in [-0.39, 0.29) is 17.0 Å². The maximum absolute atomic E-state index is 12.2. The van der Waals surface area contributed by atoms with Gasteiger partial charge in [0.1, 0.15) is 0 Å². The van der Waals surface area contributed by atoms with Crippen LogP contribution in [0.15, 0.2) is 128 Å². The average molecular weight is 827 g/mol. The van der Waals surface area contributed by atoms with Crippen molar-refractivity contribution in [3.05, 3.63) is 109 Å². The lowest BCUT2D eigenvalue weighted by molar-refractivity contribution is 0.159. The van der Waals surface area contributed by atoms with E-state index >= 15 is 0 Å². The Morgan fingerprint density at radius 3 is 1.78 bits per heavy atom. The predicted octanol–water partition coefficient (Wildman–Crippen LogP) is 6.23. The highest BCUT2D eigenvalue weighted by molar-refractivity contribution is 7.98. The first-order valence-electron chi connectivity index (χ1n) is 17.2. The molecular formula is C37H46N8O6S4. The molecule has 0 aliphatic heterocycles. The van der Waals surface area contributed by atoms with E-state index in [9.17, 15) is 16.8 Å². The number of sulfonamides is 1. The summed E-state index contributed by atoms with van der Waals surface area (Å²) in [4.78, 5) is 6.00. The Balaban J connectivity index is 0.000000245. The second kappa shape index (κ2) is 21.2. The van der Waals surface area contributed by atoms with Crippen molar-refractivity contribution in [3.63, 3.8) is 0 Å². The highest BCUT2D eigenvalue weighted by atomic mass is 32.2. The molecule has 5 aromatic rings. The summed E-state index contributed by atoms with van der Waals surface area (Å²) < 4.78 is 58.8. The fourth-order valence-corrected chi connectivity index (χ4v) is 6.57. The maximum Gasteiger partial charge on any atom is 0.276 e. The van der Waals surface area contributed by atoms with E-state index < -0.39 is 32.2 Å². The van der Waals surface area contributed by atoms with Crippen molar-refractivity contribution in [2.75, 3.05) is 6.26 Å². The van der Waals surface area contributed by atoms with E-state index in [1.807, 2.05) is 58.2 Å². The van der Waals surface area contributed by atoms with Crippen molar-refractivity contribution >= 4 is 50.2 Å². The van der Waals surface area contributed by atoms with Crippen LogP contribution >= 0.6 is 11.8 Å². The van der Waals surface area contributed by atoms with Crippen LogP contribution in [-0.4, -0.2) is 61.6 Å². The Labute approximate surface area is 332 Å². The maximum atomic E-state index is 12.2. The van der Waals surface area contributed by atoms with E-state index in [1.165, 1.54) is 28.0 Å². The summed E-state index contributed by atoms with van der Waals surface area (Å²) in [5.41, 5.74) is 7.85. The fraction of sp³-hybridized carbons (Fsp3) is 0.297. The first-order valence-corrected chi connectivity index (χ1v) is 22.1. The minimum atomic E-state index is -3.70. The molecule has 0 radical (unpaired) electrons. The molecule has 0 spiro atoms. The quantitative estimate of drug-likeness (QED) is 0.0548. The molecule has 18 heteroatoms. The Hall–Kier alpha value is -4.14. The second-order valence-electron chi connectivity index (χ2n) is 12.8. The summed E-state index contributed by atoms with van der Waals surface area (Å²) >= 11 is -1.55. The van der Waals surface area contributed by atoms with Crippen LogP contribution < -0.4 is 15.8 Å². The number of nitrogens with zero attached hydrogens (tertiary/aromatic N) is 5. The van der Waals surface area contributed by atoms with Gasteiger partial charge in [-0.1, -0.05) is 58.0 Å². The zero-order valence-electron chi connectivity index (χ0n) is 31.5. The number of hydrazone groups is 1. The Morgan fingerprint density at radius 2 is 1.27 bits per heavy atom. The third-order valence-electron chi connectivity index (χ3n) is 8.15. The molecule has 3 N–H and O–H groups in total. The van der Waals surface area contributed by atoms with E-state index in [0.717, 1.165) is 11.3 Å². The normalized spacial score (nSPS) is 14.0. The van der Waals surface area contributed by atoms with Crippen LogP contribution in [0.5, 0.6) is 0 Å². The Morgan fingerprint density at radius 1 is 0.745 bits per heavy atom. The van der Waals surface area contributed by atoms with Gasteiger partial charge in [-0.15, -0.1) is 26.8 Å². The minimum Gasteiger partial charge on any atom is -0.223 e. The Kier molecular flexibility index (Phi) is 16.8. The molecule has 294 valence electrons. The highest BCUT2D eigenvalue weighted by Gasteiger charge is 2.14. The standard InChI is InChI=1S/C19H23N5O2S2.C18H23N3O4S2/c1-13(2)14(3)22-26-28(25)18-11-5-15(6-12-18)19-20-23-24(21-19)16-7-9-17(27-4)10-8-16;1-14(2)15(3)20-25-26(22)17-11-9-16(10-12-17)13-19-21-27(23,24)18-7-5-4-6-8-18/h5-14,22H,1-4H3;4-15,20-21H,1-3H3/b;19-13-. The first kappa shape index (κ1) is 43.6. The minimum absolute atomic E-state index is 0.0676. The summed E-state index contributed by atoms with van der Waals surface area (Å²) in [5.74, 6) is 1.23. The fourth-order valence-electron chi connectivity index (χ4n) is 3.97. The molecule has 1 aromatic heterocycles. The lowest BCUT2D eigenvalue weighted by Crippen LogP contribution is -2.31. The van der Waals surface area contributed by atoms with Gasteiger partial charge in [0.2, 0.25) is 28.0 Å². The summed E-state index contributed by atoms with van der Waals surface area (Å²) in [5, 5.41) is 16.4. The van der Waals surface area contributed by atoms with Crippen molar-refractivity contribution in [2.45, 2.75) is 73.2 Å². The highest BCUT2D eigenvalue weighted by Crippen LogP contribution is 2.20. The molecule has 0 fully saturated rings. The van der Waals surface area contributed by atoms with E-state index in [0.29, 0.717) is 33.0 Å². The van der Waals surface area contributed by atoms with Gasteiger partial charge >= 0.3 is 0 Å². The summed E-state index contributed by atoms with van der Waals surface area (Å²) in [6, 6.07) is 29.8. The van der Waals surface area contributed by atoms with E-state index in [2.05, 4.69) is 50.2 Å². The molecule has 0 saturated carbocycles. The first-order chi connectivity index (χ1) is 26.3. The topological polar surface area (TPSA) is 179 Å². The molecule has 4 atom stereocenters. The van der Waals surface area contributed by atoms with Crippen LogP contribution in [0.3, 0.4) is 0 Å². The molecule has 4 aromatic carbocycles. The number of tetrazole rings is 1. The van der Waals surface area contributed by atoms with Gasteiger partial charge in [-0.2, -0.15) is 33.0 Å². The molecule has 55 heavy (non-hydrogen) atoms. The molecule has 1 heterocycles. The number of rotatable bonds is 17. The molecule has 0 saturated heterocycles. The number of aromatic nitrogens is 4. The lowest BCUT2D eigenvalue weighted by atomic mass is 10.1. The van der Waals surface area contributed by atoms with Gasteiger partial charge in [0.05, 0.1) is 26.6 Å². The van der Waals surface area contributed by atoms with Gasteiger partial charge in [-0.3, -0.25) is 0 Å². The predicted molar refractivity (Wildman–Crippen MR) is 217 cm³/mol. The van der Waals surface area contributed by atoms with Gasteiger partial charge in [0, 0.05) is 22.5 Å². The number of thioether (sulfide) groups is 1. The third-order valence-corrected chi connectivity index (χ3v) is 11.9. The van der Waals surface area contributed by atoms with Gasteiger partial charge in [0.25, 0.3) is 10.0 Å². The summed E-state index contributed by atoms with van der Waals surface area (Å²) in [6.07, 6.45) is 3.40. The van der Waals surface area contributed by atoms with Crippen LogP contribution in [0, 0.1) is 11.8 Å². The number of benzene rings is 4. The number of hydrogen-bond donors (Lipinski definition) is 3. The van der Waals surface area contributed by atoms with E-state index in [4.69, 9.17) is 8.57 Å². The molecule has 0 aliphatic carbocycles. The smallest absolute Gasteiger partial charge is 0.223 e. The third kappa shape index (κ3) is 13.5. The van der Waals surface area contributed by atoms with Crippen molar-refractivity contribution < 1.29 is 25.4 Å². The van der Waals surface area contributed by atoms with Crippen LogP contribution in [0.4, 0.5) is 0 Å². The van der Waals surface area contributed by atoms with Crippen LogP contribution in [0.2, 0.25) is 0 Å². The number of hydrogen-bond acceptors (Lipinski definition) is 13. The molecule has 0 amide bonds. The van der Waals surface area contributed by atoms with Crippen molar-refractivity contribution in [1.82, 2.24) is 36.0 Å². The molecular weight excluding hydrogens is 781 g/mol. The SMILES string of the molecule is CC(C)C(C)NOS(=O)c1ccc(/C=N\NS(=O)(=O)c2ccccc2)cc1.CSc1ccc(-n2nnc(-c3ccc(S(=O)ONC(C)C(C)C)cc3)n2)cc1. The monoisotopic (exact) mass is 826 g/mol. The van der Waals surface area contributed by atoms with Crippen molar-refractivity contribution in [2.24, 2.45) is 16.9 Å².